The lowest BCUT2D eigenvalue weighted by Gasteiger charge is -2.40. The van der Waals surface area contributed by atoms with Gasteiger partial charge in [0.05, 0.1) is 39.6 Å². The van der Waals surface area contributed by atoms with Gasteiger partial charge in [-0.1, -0.05) is 12.1 Å². The molecule has 8 atom stereocenters. The molecule has 0 radical (unpaired) electrons. The first-order valence-electron chi connectivity index (χ1n) is 13.1. The van der Waals surface area contributed by atoms with E-state index in [0.29, 0.717) is 11.3 Å². The van der Waals surface area contributed by atoms with Gasteiger partial charge in [0.1, 0.15) is 59.3 Å². The molecule has 43 heavy (non-hydrogen) atoms. The van der Waals surface area contributed by atoms with Gasteiger partial charge in [0, 0.05) is 6.07 Å². The molecule has 0 saturated carbocycles. The summed E-state index contributed by atoms with van der Waals surface area (Å²) in [5, 5.41) is 71.8. The minimum Gasteiger partial charge on any atom is -0.507 e. The van der Waals surface area contributed by atoms with Gasteiger partial charge in [0.25, 0.3) is 0 Å². The number of phenols is 1. The highest BCUT2D eigenvalue weighted by Gasteiger charge is 2.50. The average molecular weight is 609 g/mol. The van der Waals surface area contributed by atoms with E-state index in [9.17, 15) is 40.5 Å². The molecule has 0 amide bonds. The molecular formula is C28H32O15. The van der Waals surface area contributed by atoms with E-state index in [4.69, 9.17) is 32.8 Å². The number of aliphatic hydroxyl groups is 6. The first kappa shape index (κ1) is 30.9. The van der Waals surface area contributed by atoms with Crippen molar-refractivity contribution in [2.45, 2.75) is 48.7 Å². The topological polar surface area (TPSA) is 227 Å². The minimum atomic E-state index is -1.95. The van der Waals surface area contributed by atoms with Crippen molar-refractivity contribution in [2.24, 2.45) is 0 Å². The maximum atomic E-state index is 13.4. The molecule has 3 aromatic rings. The molecule has 2 aliphatic rings. The third-order valence-electron chi connectivity index (χ3n) is 7.47. The molecule has 2 aliphatic heterocycles. The van der Waals surface area contributed by atoms with E-state index in [2.05, 4.69) is 0 Å². The number of rotatable bonds is 9. The van der Waals surface area contributed by atoms with Gasteiger partial charge >= 0.3 is 0 Å². The zero-order valence-electron chi connectivity index (χ0n) is 23.0. The summed E-state index contributed by atoms with van der Waals surface area (Å²) in [6.45, 7) is -1.71. The highest BCUT2D eigenvalue weighted by Crippen LogP contribution is 2.42. The van der Waals surface area contributed by atoms with Crippen molar-refractivity contribution in [2.75, 3.05) is 34.0 Å². The van der Waals surface area contributed by atoms with Gasteiger partial charge in [-0.15, -0.1) is 0 Å². The number of ether oxygens (including phenoxy) is 6. The van der Waals surface area contributed by atoms with Crippen LogP contribution in [0, 0.1) is 0 Å². The van der Waals surface area contributed by atoms with Gasteiger partial charge in [0.2, 0.25) is 17.5 Å². The maximum absolute atomic E-state index is 13.4. The zero-order chi connectivity index (χ0) is 31.1. The van der Waals surface area contributed by atoms with Crippen molar-refractivity contribution in [1.82, 2.24) is 0 Å². The third-order valence-corrected chi connectivity index (χ3v) is 7.47. The van der Waals surface area contributed by atoms with Gasteiger partial charge in [-0.3, -0.25) is 4.79 Å². The Balaban J connectivity index is 1.39. The Morgan fingerprint density at radius 2 is 1.72 bits per heavy atom. The largest absolute Gasteiger partial charge is 0.507 e. The predicted octanol–water partition coefficient (Wildman–Crippen LogP) is -1.17. The molecule has 1 aromatic heterocycles. The van der Waals surface area contributed by atoms with Gasteiger partial charge in [-0.25, -0.2) is 0 Å². The molecule has 7 N–H and O–H groups in total. The van der Waals surface area contributed by atoms with Gasteiger partial charge in [-0.2, -0.15) is 0 Å². The Kier molecular flexibility index (Phi) is 8.80. The summed E-state index contributed by atoms with van der Waals surface area (Å²) < 4.78 is 38.2. The van der Waals surface area contributed by atoms with Crippen LogP contribution in [-0.2, 0) is 14.2 Å². The summed E-state index contributed by atoms with van der Waals surface area (Å²) >= 11 is 0. The molecule has 2 saturated heterocycles. The molecule has 3 heterocycles. The fourth-order valence-electron chi connectivity index (χ4n) is 4.89. The number of hydrogen-bond acceptors (Lipinski definition) is 15. The van der Waals surface area contributed by atoms with Crippen LogP contribution in [-0.4, -0.2) is 118 Å². The standard InChI is InChI=1S/C28H32O15/c1-37-13-5-3-12(4-6-13)14-8-39-24-18(19(14)31)15(30)7-16(23(24)38-2)42-26-22(34)21(33)20(32)17(43-26)9-40-27-25(35)28(36,10-29)11-41-27/h3-8,17,20-22,25-27,29-30,32-36H,9-11H2,1-2H3/t17-,20-,21+,22-,25+,26-,27-,28-/m1/s1. The van der Waals surface area contributed by atoms with Crippen LogP contribution in [0.5, 0.6) is 23.0 Å². The lowest BCUT2D eigenvalue weighted by atomic mass is 9.99. The smallest absolute Gasteiger partial charge is 0.229 e. The fourth-order valence-corrected chi connectivity index (χ4v) is 4.89. The van der Waals surface area contributed by atoms with Crippen LogP contribution in [0.15, 0.2) is 45.8 Å². The fraction of sp³-hybridized carbons (Fsp3) is 0.464. The van der Waals surface area contributed by atoms with Crippen LogP contribution in [0.4, 0.5) is 0 Å². The molecule has 5 rings (SSSR count). The maximum Gasteiger partial charge on any atom is 0.229 e. The second-order valence-corrected chi connectivity index (χ2v) is 10.2. The number of hydrogen-bond donors (Lipinski definition) is 7. The van der Waals surface area contributed by atoms with Crippen molar-refractivity contribution in [3.05, 3.63) is 46.8 Å². The molecule has 0 spiro atoms. The summed E-state index contributed by atoms with van der Waals surface area (Å²) in [6.07, 6.45) is -10.1. The second kappa shape index (κ2) is 12.2. The molecule has 0 aliphatic carbocycles. The van der Waals surface area contributed by atoms with Crippen LogP contribution < -0.4 is 19.6 Å². The highest BCUT2D eigenvalue weighted by atomic mass is 16.7. The molecule has 15 nitrogen and oxygen atoms in total. The second-order valence-electron chi connectivity index (χ2n) is 10.2. The molecule has 15 heteroatoms. The zero-order valence-corrected chi connectivity index (χ0v) is 23.0. The molecule has 2 aromatic carbocycles. The van der Waals surface area contributed by atoms with Crippen LogP contribution in [0.1, 0.15) is 0 Å². The number of methoxy groups -OCH3 is 2. The summed E-state index contributed by atoms with van der Waals surface area (Å²) in [7, 11) is 2.76. The number of phenolic OH excluding ortho intramolecular Hbond substituents is 1. The van der Waals surface area contributed by atoms with Crippen LogP contribution in [0.3, 0.4) is 0 Å². The van der Waals surface area contributed by atoms with Crippen LogP contribution in [0.25, 0.3) is 22.1 Å². The lowest BCUT2D eigenvalue weighted by molar-refractivity contribution is -0.289. The molecule has 0 unspecified atom stereocenters. The Bertz CT molecular complexity index is 1490. The van der Waals surface area contributed by atoms with Crippen LogP contribution >= 0.6 is 0 Å². The Morgan fingerprint density at radius 3 is 2.35 bits per heavy atom. The Hall–Kier alpha value is -3.51. The van der Waals surface area contributed by atoms with Crippen LogP contribution in [0.2, 0.25) is 0 Å². The molecular weight excluding hydrogens is 576 g/mol. The number of benzene rings is 2. The molecule has 234 valence electrons. The van der Waals surface area contributed by atoms with Gasteiger partial charge in [-0.05, 0) is 17.7 Å². The summed E-state index contributed by atoms with van der Waals surface area (Å²) in [4.78, 5) is 13.4. The Morgan fingerprint density at radius 1 is 1.00 bits per heavy atom. The summed E-state index contributed by atoms with van der Waals surface area (Å²) in [6, 6.07) is 7.67. The van der Waals surface area contributed by atoms with Crippen molar-refractivity contribution in [3.8, 4) is 34.1 Å². The number of aromatic hydroxyl groups is 1. The monoisotopic (exact) mass is 608 g/mol. The lowest BCUT2D eigenvalue weighted by Crippen LogP contribution is -2.60. The van der Waals surface area contributed by atoms with E-state index >= 15 is 0 Å². The highest BCUT2D eigenvalue weighted by molar-refractivity contribution is 5.93. The SMILES string of the molecule is COc1ccc(-c2coc3c(OC)c(O[C@@H]4O[C@H](CO[C@@H]5OC[C@](O)(CO)[C@H]5O)[C@@H](O)[C@H](O)[C@H]4O)cc(O)c3c2=O)cc1. The van der Waals surface area contributed by atoms with E-state index in [0.717, 1.165) is 6.07 Å². The van der Waals surface area contributed by atoms with Crippen molar-refractivity contribution >= 4 is 11.0 Å². The van der Waals surface area contributed by atoms with E-state index in [1.807, 2.05) is 0 Å². The number of fused-ring (bicyclic) bond motifs is 1. The predicted molar refractivity (Wildman–Crippen MR) is 144 cm³/mol. The minimum absolute atomic E-state index is 0.138. The first-order valence-corrected chi connectivity index (χ1v) is 13.1. The summed E-state index contributed by atoms with van der Waals surface area (Å²) in [5.41, 5.74) is -2.03. The average Bonchev–Trinajstić information content (AvgIpc) is 3.30. The van der Waals surface area contributed by atoms with E-state index in [-0.39, 0.29) is 28.0 Å². The van der Waals surface area contributed by atoms with Gasteiger partial charge < -0.3 is 68.6 Å². The van der Waals surface area contributed by atoms with E-state index in [1.165, 1.54) is 20.5 Å². The molecule has 0 bridgehead atoms. The normalized spacial score (nSPS) is 30.8. The van der Waals surface area contributed by atoms with E-state index in [1.54, 1.807) is 24.3 Å². The van der Waals surface area contributed by atoms with Gasteiger partial charge in [0.15, 0.2) is 17.6 Å². The Labute approximate surface area is 243 Å². The first-order chi connectivity index (χ1) is 20.5. The van der Waals surface area contributed by atoms with Crippen molar-refractivity contribution in [3.63, 3.8) is 0 Å². The third kappa shape index (κ3) is 5.62. The molecule has 2 fully saturated rings. The van der Waals surface area contributed by atoms with Crippen molar-refractivity contribution < 1.29 is 68.6 Å². The van der Waals surface area contributed by atoms with Crippen molar-refractivity contribution in [1.29, 1.82) is 0 Å². The number of aliphatic hydroxyl groups excluding tert-OH is 5. The van der Waals surface area contributed by atoms with E-state index < -0.39 is 79.7 Å². The quantitative estimate of drug-likeness (QED) is 0.152. The summed E-state index contributed by atoms with van der Waals surface area (Å²) in [5.74, 6) is -0.328.